The zero-order valence-corrected chi connectivity index (χ0v) is 11.9. The van der Waals surface area contributed by atoms with Gasteiger partial charge in [0.15, 0.2) is 0 Å². The van der Waals surface area contributed by atoms with Gasteiger partial charge in [0, 0.05) is 11.6 Å². The summed E-state index contributed by atoms with van der Waals surface area (Å²) < 4.78 is 0. The van der Waals surface area contributed by atoms with Crippen molar-refractivity contribution in [1.82, 2.24) is 10.3 Å². The van der Waals surface area contributed by atoms with Gasteiger partial charge in [-0.1, -0.05) is 32.0 Å². The standard InChI is InChI=1S/C16H20N2O2/c1-3-16(4-2,11-19)18-15(20)13-9-5-7-12-8-6-10-17-14(12)13/h5-10,19H,3-4,11H2,1-2H3,(H,18,20). The first-order valence-corrected chi connectivity index (χ1v) is 6.93. The van der Waals surface area contributed by atoms with E-state index in [1.54, 1.807) is 12.3 Å². The van der Waals surface area contributed by atoms with Gasteiger partial charge in [-0.2, -0.15) is 0 Å². The van der Waals surface area contributed by atoms with Crippen molar-refractivity contribution < 1.29 is 9.90 Å². The number of hydrogen-bond donors (Lipinski definition) is 2. The number of fused-ring (bicyclic) bond motifs is 1. The minimum absolute atomic E-state index is 0.0655. The lowest BCUT2D eigenvalue weighted by Gasteiger charge is -2.30. The molecule has 20 heavy (non-hydrogen) atoms. The smallest absolute Gasteiger partial charge is 0.254 e. The molecule has 1 aromatic heterocycles. The summed E-state index contributed by atoms with van der Waals surface area (Å²) >= 11 is 0. The van der Waals surface area contributed by atoms with E-state index in [2.05, 4.69) is 10.3 Å². The largest absolute Gasteiger partial charge is 0.394 e. The first-order valence-electron chi connectivity index (χ1n) is 6.93. The molecule has 0 saturated carbocycles. The van der Waals surface area contributed by atoms with Gasteiger partial charge in [-0.25, -0.2) is 0 Å². The number of amides is 1. The van der Waals surface area contributed by atoms with E-state index in [1.807, 2.05) is 38.1 Å². The van der Waals surface area contributed by atoms with Crippen molar-refractivity contribution in [2.75, 3.05) is 6.61 Å². The van der Waals surface area contributed by atoms with Crippen LogP contribution in [0.25, 0.3) is 10.9 Å². The quantitative estimate of drug-likeness (QED) is 0.879. The van der Waals surface area contributed by atoms with Gasteiger partial charge in [0.25, 0.3) is 5.91 Å². The predicted octanol–water partition coefficient (Wildman–Crippen LogP) is 2.52. The molecule has 2 N–H and O–H groups in total. The van der Waals surface area contributed by atoms with E-state index in [-0.39, 0.29) is 12.5 Å². The second-order valence-electron chi connectivity index (χ2n) is 4.98. The second kappa shape index (κ2) is 6.01. The lowest BCUT2D eigenvalue weighted by Crippen LogP contribution is -2.50. The molecule has 4 heteroatoms. The van der Waals surface area contributed by atoms with Crippen LogP contribution in [0.15, 0.2) is 36.5 Å². The Balaban J connectivity index is 2.37. The number of hydrogen-bond acceptors (Lipinski definition) is 3. The maximum atomic E-state index is 12.5. The minimum atomic E-state index is -0.561. The molecular weight excluding hydrogens is 252 g/mol. The predicted molar refractivity (Wildman–Crippen MR) is 79.6 cm³/mol. The SMILES string of the molecule is CCC(CC)(CO)NC(=O)c1cccc2cccnc12. The molecule has 0 fully saturated rings. The minimum Gasteiger partial charge on any atom is -0.394 e. The number of nitrogens with zero attached hydrogens (tertiary/aromatic N) is 1. The van der Waals surface area contributed by atoms with Crippen LogP contribution in [0, 0.1) is 0 Å². The highest BCUT2D eigenvalue weighted by atomic mass is 16.3. The number of aromatic nitrogens is 1. The summed E-state index contributed by atoms with van der Waals surface area (Å²) in [7, 11) is 0. The van der Waals surface area contributed by atoms with Crippen molar-refractivity contribution >= 4 is 16.8 Å². The van der Waals surface area contributed by atoms with Gasteiger partial charge in [-0.15, -0.1) is 0 Å². The maximum absolute atomic E-state index is 12.5. The molecule has 0 spiro atoms. The number of benzene rings is 1. The summed E-state index contributed by atoms with van der Waals surface area (Å²) in [5, 5.41) is 13.4. The number of aliphatic hydroxyl groups excluding tert-OH is 1. The highest BCUT2D eigenvalue weighted by Crippen LogP contribution is 2.19. The van der Waals surface area contributed by atoms with Crippen molar-refractivity contribution in [2.24, 2.45) is 0 Å². The van der Waals surface area contributed by atoms with Gasteiger partial charge < -0.3 is 10.4 Å². The Morgan fingerprint density at radius 2 is 1.95 bits per heavy atom. The van der Waals surface area contributed by atoms with Crippen LogP contribution in [0.2, 0.25) is 0 Å². The van der Waals surface area contributed by atoms with Crippen molar-refractivity contribution in [3.05, 3.63) is 42.1 Å². The summed E-state index contributed by atoms with van der Waals surface area (Å²) in [6.45, 7) is 3.85. The number of aliphatic hydroxyl groups is 1. The van der Waals surface area contributed by atoms with Crippen molar-refractivity contribution in [3.8, 4) is 0 Å². The van der Waals surface area contributed by atoms with E-state index < -0.39 is 5.54 Å². The molecule has 0 unspecified atom stereocenters. The molecular formula is C16H20N2O2. The van der Waals surface area contributed by atoms with Gasteiger partial charge in [-0.3, -0.25) is 9.78 Å². The van der Waals surface area contributed by atoms with Gasteiger partial charge in [0.1, 0.15) is 0 Å². The molecule has 1 heterocycles. The number of carbonyl (C=O) groups excluding carboxylic acids is 1. The Labute approximate surface area is 118 Å². The van der Waals surface area contributed by atoms with E-state index in [9.17, 15) is 9.90 Å². The molecule has 0 bridgehead atoms. The fourth-order valence-electron chi connectivity index (χ4n) is 2.29. The molecule has 0 atom stereocenters. The third-order valence-electron chi connectivity index (χ3n) is 3.91. The van der Waals surface area contributed by atoms with Crippen molar-refractivity contribution in [3.63, 3.8) is 0 Å². The number of nitrogens with one attached hydrogen (secondary N) is 1. The van der Waals surface area contributed by atoms with E-state index in [1.165, 1.54) is 0 Å². The monoisotopic (exact) mass is 272 g/mol. The van der Waals surface area contributed by atoms with Crippen LogP contribution in [-0.2, 0) is 0 Å². The van der Waals surface area contributed by atoms with E-state index in [0.717, 1.165) is 5.39 Å². The Kier molecular flexibility index (Phi) is 4.35. The molecule has 4 nitrogen and oxygen atoms in total. The molecule has 1 aromatic carbocycles. The highest BCUT2D eigenvalue weighted by molar-refractivity contribution is 6.05. The normalized spacial score (nSPS) is 11.6. The molecule has 0 aliphatic rings. The first kappa shape index (κ1) is 14.5. The lowest BCUT2D eigenvalue weighted by molar-refractivity contribution is 0.0819. The molecule has 2 rings (SSSR count). The summed E-state index contributed by atoms with van der Waals surface area (Å²) in [4.78, 5) is 16.8. The van der Waals surface area contributed by atoms with Gasteiger partial charge in [-0.05, 0) is 25.0 Å². The summed E-state index contributed by atoms with van der Waals surface area (Å²) in [5.41, 5.74) is 0.669. The average molecular weight is 272 g/mol. The van der Waals surface area contributed by atoms with Crippen molar-refractivity contribution in [1.29, 1.82) is 0 Å². The Bertz CT molecular complexity index is 593. The van der Waals surface area contributed by atoms with Crippen LogP contribution in [0.5, 0.6) is 0 Å². The maximum Gasteiger partial charge on any atom is 0.254 e. The summed E-state index contributed by atoms with van der Waals surface area (Å²) in [5.74, 6) is -0.188. The third-order valence-corrected chi connectivity index (χ3v) is 3.91. The van der Waals surface area contributed by atoms with Crippen LogP contribution in [0.1, 0.15) is 37.0 Å². The van der Waals surface area contributed by atoms with Crippen LogP contribution >= 0.6 is 0 Å². The van der Waals surface area contributed by atoms with E-state index >= 15 is 0 Å². The molecule has 0 saturated heterocycles. The van der Waals surface area contributed by atoms with E-state index in [4.69, 9.17) is 0 Å². The topological polar surface area (TPSA) is 62.2 Å². The Hall–Kier alpha value is -1.94. The number of pyridine rings is 1. The number of carbonyl (C=O) groups is 1. The fourth-order valence-corrected chi connectivity index (χ4v) is 2.29. The summed E-state index contributed by atoms with van der Waals surface area (Å²) in [6, 6.07) is 9.31. The zero-order valence-electron chi connectivity index (χ0n) is 11.9. The number of para-hydroxylation sites is 1. The van der Waals surface area contributed by atoms with Crippen LogP contribution in [-0.4, -0.2) is 28.1 Å². The van der Waals surface area contributed by atoms with Gasteiger partial charge >= 0.3 is 0 Å². The van der Waals surface area contributed by atoms with Gasteiger partial charge in [0.05, 0.1) is 23.2 Å². The van der Waals surface area contributed by atoms with Crippen LogP contribution in [0.4, 0.5) is 0 Å². The molecule has 2 aromatic rings. The first-order chi connectivity index (χ1) is 9.65. The third kappa shape index (κ3) is 2.65. The highest BCUT2D eigenvalue weighted by Gasteiger charge is 2.28. The average Bonchev–Trinajstić information content (AvgIpc) is 2.52. The van der Waals surface area contributed by atoms with Crippen LogP contribution in [0.3, 0.4) is 0 Å². The molecule has 106 valence electrons. The molecule has 1 amide bonds. The second-order valence-corrected chi connectivity index (χ2v) is 4.98. The van der Waals surface area contributed by atoms with Crippen LogP contribution < -0.4 is 5.32 Å². The Morgan fingerprint density at radius 3 is 2.60 bits per heavy atom. The Morgan fingerprint density at radius 1 is 1.25 bits per heavy atom. The lowest BCUT2D eigenvalue weighted by atomic mass is 9.93. The van der Waals surface area contributed by atoms with E-state index in [0.29, 0.717) is 23.9 Å². The molecule has 0 aliphatic heterocycles. The fraction of sp³-hybridized carbons (Fsp3) is 0.375. The van der Waals surface area contributed by atoms with Gasteiger partial charge in [0.2, 0.25) is 0 Å². The summed E-state index contributed by atoms with van der Waals surface area (Å²) in [6.07, 6.45) is 3.05. The zero-order chi connectivity index (χ0) is 14.6. The number of rotatable bonds is 5. The molecule has 0 radical (unpaired) electrons. The molecule has 0 aliphatic carbocycles. The van der Waals surface area contributed by atoms with Crippen molar-refractivity contribution in [2.45, 2.75) is 32.2 Å².